The number of nitrogens with one attached hydrogen (secondary N) is 1. The minimum Gasteiger partial charge on any atom is -0.489 e. The predicted octanol–water partition coefficient (Wildman–Crippen LogP) is 3.15. The fourth-order valence-electron chi connectivity index (χ4n) is 2.27. The SMILES string of the molecule is COCC(Cn1c(=S)[nH]c2c(OC(C)C)cccc21)OC. The predicted molar refractivity (Wildman–Crippen MR) is 85.6 cm³/mol. The Morgan fingerprint density at radius 3 is 2.67 bits per heavy atom. The zero-order valence-corrected chi connectivity index (χ0v) is 13.7. The van der Waals surface area contributed by atoms with Gasteiger partial charge in [0, 0.05) is 14.2 Å². The van der Waals surface area contributed by atoms with Crippen LogP contribution in [0.4, 0.5) is 0 Å². The van der Waals surface area contributed by atoms with E-state index in [-0.39, 0.29) is 12.2 Å². The number of ether oxygens (including phenoxy) is 3. The summed E-state index contributed by atoms with van der Waals surface area (Å²) in [6.45, 7) is 5.16. The van der Waals surface area contributed by atoms with Crippen LogP contribution in [0.5, 0.6) is 5.75 Å². The molecule has 0 amide bonds. The molecule has 21 heavy (non-hydrogen) atoms. The number of para-hydroxylation sites is 1. The van der Waals surface area contributed by atoms with Gasteiger partial charge in [0.2, 0.25) is 0 Å². The first-order chi connectivity index (χ1) is 10.1. The molecule has 1 atom stereocenters. The van der Waals surface area contributed by atoms with Crippen molar-refractivity contribution in [1.82, 2.24) is 9.55 Å². The molecule has 1 N–H and O–H groups in total. The highest BCUT2D eigenvalue weighted by Crippen LogP contribution is 2.26. The Labute approximate surface area is 129 Å². The smallest absolute Gasteiger partial charge is 0.178 e. The van der Waals surface area contributed by atoms with E-state index < -0.39 is 0 Å². The van der Waals surface area contributed by atoms with Gasteiger partial charge in [-0.25, -0.2) is 0 Å². The molecule has 0 saturated heterocycles. The van der Waals surface area contributed by atoms with E-state index >= 15 is 0 Å². The third-order valence-electron chi connectivity index (χ3n) is 3.21. The summed E-state index contributed by atoms with van der Waals surface area (Å²) < 4.78 is 19.1. The number of benzene rings is 1. The van der Waals surface area contributed by atoms with Gasteiger partial charge in [0.05, 0.1) is 30.9 Å². The van der Waals surface area contributed by atoms with E-state index in [9.17, 15) is 0 Å². The maximum absolute atomic E-state index is 5.83. The van der Waals surface area contributed by atoms with Crippen molar-refractivity contribution >= 4 is 23.3 Å². The maximum Gasteiger partial charge on any atom is 0.178 e. The van der Waals surface area contributed by atoms with Gasteiger partial charge >= 0.3 is 0 Å². The van der Waals surface area contributed by atoms with Crippen LogP contribution in [0, 0.1) is 4.77 Å². The number of aromatic amines is 1. The van der Waals surface area contributed by atoms with Crippen LogP contribution in [0.15, 0.2) is 18.2 Å². The second-order valence-electron chi connectivity index (χ2n) is 5.17. The molecule has 6 heteroatoms. The summed E-state index contributed by atoms with van der Waals surface area (Å²) in [5.41, 5.74) is 1.93. The van der Waals surface area contributed by atoms with E-state index in [1.54, 1.807) is 14.2 Å². The van der Waals surface area contributed by atoms with Crippen molar-refractivity contribution in [3.63, 3.8) is 0 Å². The van der Waals surface area contributed by atoms with Gasteiger partial charge in [0.1, 0.15) is 11.3 Å². The first kappa shape index (κ1) is 16.0. The van der Waals surface area contributed by atoms with E-state index in [2.05, 4.69) is 4.98 Å². The minimum atomic E-state index is -0.0460. The molecule has 2 aromatic rings. The molecule has 0 aliphatic heterocycles. The van der Waals surface area contributed by atoms with Gasteiger partial charge in [0.25, 0.3) is 0 Å². The summed E-state index contributed by atoms with van der Waals surface area (Å²) in [5, 5.41) is 0. The van der Waals surface area contributed by atoms with Gasteiger partial charge in [-0.15, -0.1) is 0 Å². The lowest BCUT2D eigenvalue weighted by Crippen LogP contribution is -2.23. The van der Waals surface area contributed by atoms with E-state index in [1.807, 2.05) is 36.6 Å². The van der Waals surface area contributed by atoms with Gasteiger partial charge in [-0.1, -0.05) is 6.07 Å². The number of H-pyrrole nitrogens is 1. The number of nitrogens with zero attached hydrogens (tertiary/aromatic N) is 1. The van der Waals surface area contributed by atoms with Crippen LogP contribution in [0.3, 0.4) is 0 Å². The molecular weight excluding hydrogens is 288 g/mol. The largest absolute Gasteiger partial charge is 0.489 e. The third kappa shape index (κ3) is 3.64. The van der Waals surface area contributed by atoms with E-state index in [4.69, 9.17) is 26.4 Å². The van der Waals surface area contributed by atoms with Crippen molar-refractivity contribution in [3.8, 4) is 5.75 Å². The standard InChI is InChI=1S/C15H22N2O3S/c1-10(2)20-13-7-5-6-12-14(13)16-15(21)17(12)8-11(19-4)9-18-3/h5-7,10-11H,8-9H2,1-4H3,(H,16,21). The highest BCUT2D eigenvalue weighted by atomic mass is 32.1. The summed E-state index contributed by atoms with van der Waals surface area (Å²) in [7, 11) is 3.34. The quantitative estimate of drug-likeness (QED) is 0.798. The summed E-state index contributed by atoms with van der Waals surface area (Å²) in [4.78, 5) is 3.23. The Morgan fingerprint density at radius 1 is 1.29 bits per heavy atom. The molecule has 116 valence electrons. The molecule has 0 radical (unpaired) electrons. The zero-order valence-electron chi connectivity index (χ0n) is 12.9. The third-order valence-corrected chi connectivity index (χ3v) is 3.53. The van der Waals surface area contributed by atoms with Crippen molar-refractivity contribution in [3.05, 3.63) is 23.0 Å². The number of methoxy groups -OCH3 is 2. The fraction of sp³-hybridized carbons (Fsp3) is 0.533. The number of hydrogen-bond donors (Lipinski definition) is 1. The Kier molecular flexibility index (Phi) is 5.39. The topological polar surface area (TPSA) is 48.4 Å². The number of aromatic nitrogens is 2. The van der Waals surface area contributed by atoms with Gasteiger partial charge in [0.15, 0.2) is 4.77 Å². The molecule has 1 unspecified atom stereocenters. The van der Waals surface area contributed by atoms with Crippen LogP contribution >= 0.6 is 12.2 Å². The molecule has 0 bridgehead atoms. The normalized spacial score (nSPS) is 13.0. The molecule has 0 spiro atoms. The highest BCUT2D eigenvalue weighted by molar-refractivity contribution is 7.71. The molecule has 0 saturated carbocycles. The monoisotopic (exact) mass is 310 g/mol. The number of hydrogen-bond acceptors (Lipinski definition) is 4. The van der Waals surface area contributed by atoms with Gasteiger partial charge in [-0.2, -0.15) is 0 Å². The molecular formula is C15H22N2O3S. The molecule has 1 aromatic carbocycles. The van der Waals surface area contributed by atoms with E-state index in [1.165, 1.54) is 0 Å². The van der Waals surface area contributed by atoms with Crippen molar-refractivity contribution in [2.24, 2.45) is 0 Å². The molecule has 1 heterocycles. The number of rotatable bonds is 7. The van der Waals surface area contributed by atoms with Crippen LogP contribution in [0.1, 0.15) is 13.8 Å². The molecule has 0 aliphatic rings. The summed E-state index contributed by atoms with van der Waals surface area (Å²) in [6, 6.07) is 5.94. The second kappa shape index (κ2) is 7.06. The lowest BCUT2D eigenvalue weighted by molar-refractivity contribution is 0.0188. The summed E-state index contributed by atoms with van der Waals surface area (Å²) in [6.07, 6.45) is 0.0662. The van der Waals surface area contributed by atoms with Crippen LogP contribution in [0.2, 0.25) is 0 Å². The van der Waals surface area contributed by atoms with Crippen molar-refractivity contribution < 1.29 is 14.2 Å². The van der Waals surface area contributed by atoms with Crippen molar-refractivity contribution in [1.29, 1.82) is 0 Å². The number of fused-ring (bicyclic) bond motifs is 1. The molecule has 0 fully saturated rings. The minimum absolute atomic E-state index is 0.0460. The Morgan fingerprint density at radius 2 is 2.05 bits per heavy atom. The molecule has 0 aliphatic carbocycles. The Balaban J connectivity index is 2.41. The van der Waals surface area contributed by atoms with Gasteiger partial charge in [-0.3, -0.25) is 0 Å². The lowest BCUT2D eigenvalue weighted by Gasteiger charge is -2.15. The summed E-state index contributed by atoms with van der Waals surface area (Å²) in [5.74, 6) is 0.813. The van der Waals surface area contributed by atoms with Gasteiger partial charge in [-0.05, 0) is 38.2 Å². The van der Waals surface area contributed by atoms with Gasteiger partial charge < -0.3 is 23.8 Å². The van der Waals surface area contributed by atoms with E-state index in [0.717, 1.165) is 16.8 Å². The number of imidazole rings is 1. The highest BCUT2D eigenvalue weighted by Gasteiger charge is 2.14. The first-order valence-corrected chi connectivity index (χ1v) is 7.37. The average molecular weight is 310 g/mol. The van der Waals surface area contributed by atoms with Crippen LogP contribution < -0.4 is 4.74 Å². The van der Waals surface area contributed by atoms with E-state index in [0.29, 0.717) is 17.9 Å². The average Bonchev–Trinajstić information content (AvgIpc) is 2.75. The molecule has 5 nitrogen and oxygen atoms in total. The Hall–Kier alpha value is -1.37. The zero-order chi connectivity index (χ0) is 15.4. The fourth-order valence-corrected chi connectivity index (χ4v) is 2.55. The maximum atomic E-state index is 5.83. The lowest BCUT2D eigenvalue weighted by atomic mass is 10.2. The van der Waals surface area contributed by atoms with Crippen LogP contribution in [-0.2, 0) is 16.0 Å². The first-order valence-electron chi connectivity index (χ1n) is 6.96. The van der Waals surface area contributed by atoms with Crippen molar-refractivity contribution in [2.75, 3.05) is 20.8 Å². The Bertz CT molecular complexity index is 648. The van der Waals surface area contributed by atoms with Crippen molar-refractivity contribution in [2.45, 2.75) is 32.6 Å². The van der Waals surface area contributed by atoms with Crippen LogP contribution in [0.25, 0.3) is 11.0 Å². The molecule has 2 rings (SSSR count). The molecule has 1 aromatic heterocycles. The second-order valence-corrected chi connectivity index (χ2v) is 5.56. The van der Waals surface area contributed by atoms with Crippen LogP contribution in [-0.4, -0.2) is 42.6 Å². The summed E-state index contributed by atoms with van der Waals surface area (Å²) >= 11 is 5.43.